The van der Waals surface area contributed by atoms with Gasteiger partial charge in [0.05, 0.1) is 12.8 Å². The number of benzene rings is 1. The van der Waals surface area contributed by atoms with Crippen LogP contribution in [0.25, 0.3) is 5.57 Å². The molecule has 0 unspecified atom stereocenters. The molecular formula is C25H30N4O. The van der Waals surface area contributed by atoms with Crippen LogP contribution >= 0.6 is 0 Å². The normalized spacial score (nSPS) is 17.0. The van der Waals surface area contributed by atoms with Crippen LogP contribution in [0, 0.1) is 0 Å². The van der Waals surface area contributed by atoms with Crippen molar-refractivity contribution >= 4 is 11.5 Å². The van der Waals surface area contributed by atoms with Crippen LogP contribution in [0.1, 0.15) is 43.4 Å². The smallest absolute Gasteiger partial charge is 0.223 e. The van der Waals surface area contributed by atoms with Gasteiger partial charge in [-0.3, -0.25) is 0 Å². The molecule has 5 nitrogen and oxygen atoms in total. The maximum atomic E-state index is 5.23. The lowest BCUT2D eigenvalue weighted by molar-refractivity contribution is 0.414. The van der Waals surface area contributed by atoms with Gasteiger partial charge in [-0.2, -0.15) is 0 Å². The Kier molecular flexibility index (Phi) is 6.47. The quantitative estimate of drug-likeness (QED) is 0.690. The van der Waals surface area contributed by atoms with Crippen LogP contribution in [0.4, 0.5) is 5.95 Å². The van der Waals surface area contributed by atoms with Gasteiger partial charge in [0.15, 0.2) is 0 Å². The lowest BCUT2D eigenvalue weighted by Crippen LogP contribution is -2.23. The summed E-state index contributed by atoms with van der Waals surface area (Å²) < 4.78 is 5.23. The van der Waals surface area contributed by atoms with E-state index in [4.69, 9.17) is 9.72 Å². The SMILES string of the molecule is C=C1C=C(c2ccnc(NC3CCCCC3)n2)C=CN1CCc1ccc(OC)cc1. The second kappa shape index (κ2) is 9.61. The zero-order chi connectivity index (χ0) is 20.8. The van der Waals surface area contributed by atoms with Crippen molar-refractivity contribution < 1.29 is 4.74 Å². The Morgan fingerprint density at radius 1 is 1.13 bits per heavy atom. The summed E-state index contributed by atoms with van der Waals surface area (Å²) in [5.74, 6) is 1.61. The van der Waals surface area contributed by atoms with Crippen molar-refractivity contribution in [1.82, 2.24) is 14.9 Å². The summed E-state index contributed by atoms with van der Waals surface area (Å²) in [4.78, 5) is 11.3. The number of allylic oxidation sites excluding steroid dienone is 3. The third-order valence-corrected chi connectivity index (χ3v) is 5.82. The fraction of sp³-hybridized carbons (Fsp3) is 0.360. The van der Waals surface area contributed by atoms with Gasteiger partial charge in [-0.25, -0.2) is 9.97 Å². The largest absolute Gasteiger partial charge is 0.497 e. The number of hydrogen-bond donors (Lipinski definition) is 1. The minimum absolute atomic E-state index is 0.494. The Morgan fingerprint density at radius 3 is 2.67 bits per heavy atom. The molecule has 0 radical (unpaired) electrons. The van der Waals surface area contributed by atoms with E-state index in [2.05, 4.69) is 52.3 Å². The van der Waals surface area contributed by atoms with Gasteiger partial charge < -0.3 is 15.0 Å². The predicted molar refractivity (Wildman–Crippen MR) is 122 cm³/mol. The molecule has 2 heterocycles. The summed E-state index contributed by atoms with van der Waals surface area (Å²) >= 11 is 0. The van der Waals surface area contributed by atoms with Gasteiger partial charge in [-0.1, -0.05) is 38.0 Å². The van der Waals surface area contributed by atoms with Crippen molar-refractivity contribution in [3.8, 4) is 5.75 Å². The van der Waals surface area contributed by atoms with Crippen molar-refractivity contribution in [2.24, 2.45) is 0 Å². The first-order valence-corrected chi connectivity index (χ1v) is 10.8. The van der Waals surface area contributed by atoms with E-state index >= 15 is 0 Å². The topological polar surface area (TPSA) is 50.3 Å². The average Bonchev–Trinajstić information content (AvgIpc) is 2.79. The van der Waals surface area contributed by atoms with Gasteiger partial charge in [-0.15, -0.1) is 0 Å². The number of nitrogens with one attached hydrogen (secondary N) is 1. The standard InChI is InChI=1S/C25H30N4O/c1-19-18-21(14-17-29(19)16-13-20-8-10-23(30-2)11-9-20)24-12-15-26-25(28-24)27-22-6-4-3-5-7-22/h8-12,14-15,17-18,22H,1,3-7,13,16H2,2H3,(H,26,27,28). The molecule has 1 fully saturated rings. The molecule has 2 aliphatic rings. The van der Waals surface area contributed by atoms with Crippen LogP contribution in [0.15, 0.2) is 67.2 Å². The third kappa shape index (κ3) is 5.09. The van der Waals surface area contributed by atoms with Gasteiger partial charge in [0.25, 0.3) is 0 Å². The van der Waals surface area contributed by atoms with E-state index in [1.807, 2.05) is 24.4 Å². The molecule has 4 rings (SSSR count). The minimum Gasteiger partial charge on any atom is -0.497 e. The van der Waals surface area contributed by atoms with Gasteiger partial charge in [0.2, 0.25) is 5.95 Å². The van der Waals surface area contributed by atoms with Crippen LogP contribution in [-0.4, -0.2) is 34.6 Å². The van der Waals surface area contributed by atoms with E-state index in [1.54, 1.807) is 7.11 Å². The maximum Gasteiger partial charge on any atom is 0.223 e. The molecule has 1 N–H and O–H groups in total. The van der Waals surface area contributed by atoms with Crippen molar-refractivity contribution in [3.05, 3.63) is 78.4 Å². The molecule has 5 heteroatoms. The van der Waals surface area contributed by atoms with Gasteiger partial charge in [0, 0.05) is 36.3 Å². The zero-order valence-corrected chi connectivity index (χ0v) is 17.7. The number of anilines is 1. The minimum atomic E-state index is 0.494. The zero-order valence-electron chi connectivity index (χ0n) is 17.7. The van der Waals surface area contributed by atoms with E-state index in [0.29, 0.717) is 6.04 Å². The Balaban J connectivity index is 1.36. The Labute approximate surface area is 179 Å². The Bertz CT molecular complexity index is 926. The number of methoxy groups -OCH3 is 1. The summed E-state index contributed by atoms with van der Waals surface area (Å²) in [5, 5.41) is 3.51. The third-order valence-electron chi connectivity index (χ3n) is 5.82. The Morgan fingerprint density at radius 2 is 1.93 bits per heavy atom. The van der Waals surface area contributed by atoms with Crippen LogP contribution in [0.3, 0.4) is 0 Å². The van der Waals surface area contributed by atoms with Crippen LogP contribution < -0.4 is 10.1 Å². The highest BCUT2D eigenvalue weighted by atomic mass is 16.5. The van der Waals surface area contributed by atoms with Gasteiger partial charge >= 0.3 is 0 Å². The van der Waals surface area contributed by atoms with Crippen LogP contribution in [-0.2, 0) is 6.42 Å². The van der Waals surface area contributed by atoms with E-state index < -0.39 is 0 Å². The predicted octanol–water partition coefficient (Wildman–Crippen LogP) is 5.20. The van der Waals surface area contributed by atoms with Crippen molar-refractivity contribution in [2.45, 2.75) is 44.6 Å². The molecule has 0 spiro atoms. The second-order valence-corrected chi connectivity index (χ2v) is 7.94. The number of ether oxygens (including phenoxy) is 1. The molecular weight excluding hydrogens is 372 g/mol. The molecule has 0 atom stereocenters. The highest BCUT2D eigenvalue weighted by molar-refractivity contribution is 5.75. The molecule has 1 aliphatic carbocycles. The summed E-state index contributed by atoms with van der Waals surface area (Å²) in [6.07, 6.45) is 15.4. The first-order chi connectivity index (χ1) is 14.7. The lowest BCUT2D eigenvalue weighted by atomic mass is 9.96. The van der Waals surface area contributed by atoms with E-state index in [9.17, 15) is 0 Å². The molecule has 156 valence electrons. The molecule has 0 bridgehead atoms. The molecule has 1 aliphatic heterocycles. The van der Waals surface area contributed by atoms with Crippen molar-refractivity contribution in [3.63, 3.8) is 0 Å². The Hall–Kier alpha value is -3.08. The van der Waals surface area contributed by atoms with Crippen molar-refractivity contribution in [1.29, 1.82) is 0 Å². The number of hydrogen-bond acceptors (Lipinski definition) is 5. The molecule has 0 amide bonds. The summed E-state index contributed by atoms with van der Waals surface area (Å²) in [6.45, 7) is 5.12. The summed E-state index contributed by atoms with van der Waals surface area (Å²) in [6, 6.07) is 10.7. The van der Waals surface area contributed by atoms with Crippen LogP contribution in [0.2, 0.25) is 0 Å². The van der Waals surface area contributed by atoms with Crippen LogP contribution in [0.5, 0.6) is 5.75 Å². The number of rotatable bonds is 7. The lowest BCUT2D eigenvalue weighted by Gasteiger charge is -2.25. The average molecular weight is 403 g/mol. The van der Waals surface area contributed by atoms with Gasteiger partial charge in [0.1, 0.15) is 5.75 Å². The number of nitrogens with zero attached hydrogens (tertiary/aromatic N) is 3. The maximum absolute atomic E-state index is 5.23. The molecule has 1 aromatic carbocycles. The molecule has 1 saturated carbocycles. The molecule has 1 aromatic heterocycles. The molecule has 30 heavy (non-hydrogen) atoms. The van der Waals surface area contributed by atoms with E-state index in [-0.39, 0.29) is 0 Å². The number of aromatic nitrogens is 2. The van der Waals surface area contributed by atoms with E-state index in [1.165, 1.54) is 37.7 Å². The van der Waals surface area contributed by atoms with Gasteiger partial charge in [-0.05, 0) is 55.2 Å². The molecule has 0 saturated heterocycles. The highest BCUT2D eigenvalue weighted by Gasteiger charge is 2.15. The summed E-state index contributed by atoms with van der Waals surface area (Å²) in [5.41, 5.74) is 4.24. The van der Waals surface area contributed by atoms with E-state index in [0.717, 1.165) is 41.6 Å². The fourth-order valence-corrected chi connectivity index (χ4v) is 4.01. The monoisotopic (exact) mass is 402 g/mol. The first kappa shape index (κ1) is 20.2. The highest BCUT2D eigenvalue weighted by Crippen LogP contribution is 2.25. The van der Waals surface area contributed by atoms with Crippen molar-refractivity contribution in [2.75, 3.05) is 19.0 Å². The first-order valence-electron chi connectivity index (χ1n) is 10.8. The second-order valence-electron chi connectivity index (χ2n) is 7.94. The summed E-state index contributed by atoms with van der Waals surface area (Å²) in [7, 11) is 1.69. The molecule has 2 aromatic rings. The fourth-order valence-electron chi connectivity index (χ4n) is 4.01.